The molecule has 140 valence electrons. The van der Waals surface area contributed by atoms with Crippen LogP contribution in [0.25, 0.3) is 0 Å². The molecule has 27 heavy (non-hydrogen) atoms. The van der Waals surface area contributed by atoms with Crippen LogP contribution in [0.5, 0.6) is 5.75 Å². The first kappa shape index (κ1) is 20.0. The Balaban J connectivity index is 2.41. The molecule has 2 aromatic rings. The van der Waals surface area contributed by atoms with Crippen LogP contribution in [0.15, 0.2) is 46.6 Å². The molecule has 0 aliphatic carbocycles. The van der Waals surface area contributed by atoms with Crippen molar-refractivity contribution >= 4 is 46.0 Å². The minimum absolute atomic E-state index is 0.0813. The molecule has 0 bridgehead atoms. The zero-order chi connectivity index (χ0) is 20.0. The molecule has 10 heteroatoms. The average Bonchev–Trinajstić information content (AvgIpc) is 2.60. The molecule has 2 aromatic carbocycles. The van der Waals surface area contributed by atoms with Gasteiger partial charge in [0.15, 0.2) is 5.69 Å². The first-order valence-electron chi connectivity index (χ1n) is 7.63. The van der Waals surface area contributed by atoms with Gasteiger partial charge in [-0.3, -0.25) is 19.7 Å². The number of Topliss-reactive ketones (excluding diaryl/α,β-unsaturated/α-hetero) is 1. The fourth-order valence-corrected chi connectivity index (χ4v) is 2.26. The minimum Gasteiger partial charge on any atom is -0.494 e. The van der Waals surface area contributed by atoms with Crippen molar-refractivity contribution in [1.82, 2.24) is 0 Å². The van der Waals surface area contributed by atoms with Crippen LogP contribution in [-0.4, -0.2) is 23.7 Å². The number of ether oxygens (including phenoxy) is 1. The van der Waals surface area contributed by atoms with Gasteiger partial charge in [0.2, 0.25) is 5.91 Å². The number of nitro benzene ring substituents is 1. The van der Waals surface area contributed by atoms with Crippen LogP contribution in [0.3, 0.4) is 0 Å². The van der Waals surface area contributed by atoms with Gasteiger partial charge in [0.05, 0.1) is 29.2 Å². The maximum atomic E-state index is 11.9. The molecule has 0 atom stereocenters. The van der Waals surface area contributed by atoms with Crippen molar-refractivity contribution in [2.75, 3.05) is 12.4 Å². The van der Waals surface area contributed by atoms with Crippen LogP contribution >= 0.6 is 11.6 Å². The fourth-order valence-electron chi connectivity index (χ4n) is 2.11. The molecular formula is C17H15ClN4O5. The van der Waals surface area contributed by atoms with Gasteiger partial charge in [0.1, 0.15) is 17.2 Å². The van der Waals surface area contributed by atoms with Crippen LogP contribution in [-0.2, 0) is 9.59 Å². The van der Waals surface area contributed by atoms with Gasteiger partial charge in [0.25, 0.3) is 5.69 Å². The van der Waals surface area contributed by atoms with Gasteiger partial charge in [0, 0.05) is 12.1 Å². The third kappa shape index (κ3) is 5.32. The van der Waals surface area contributed by atoms with Crippen LogP contribution < -0.4 is 10.1 Å². The molecule has 0 spiro atoms. The number of non-ortho nitro benzene ring substituents is 1. The largest absolute Gasteiger partial charge is 0.494 e. The van der Waals surface area contributed by atoms with E-state index in [0.717, 1.165) is 0 Å². The smallest absolute Gasteiger partial charge is 0.271 e. The highest BCUT2D eigenvalue weighted by atomic mass is 35.5. The number of hydrogen-bond acceptors (Lipinski definition) is 7. The van der Waals surface area contributed by atoms with Gasteiger partial charge in [-0.1, -0.05) is 17.7 Å². The number of anilines is 1. The maximum absolute atomic E-state index is 11.9. The molecule has 2 rings (SSSR count). The van der Waals surface area contributed by atoms with Crippen LogP contribution in [0.1, 0.15) is 13.3 Å². The summed E-state index contributed by atoms with van der Waals surface area (Å²) in [7, 11) is 1.41. The number of nitrogens with one attached hydrogen (secondary N) is 1. The lowest BCUT2D eigenvalue weighted by molar-refractivity contribution is -0.384. The van der Waals surface area contributed by atoms with Gasteiger partial charge in [-0.15, -0.1) is 10.2 Å². The van der Waals surface area contributed by atoms with E-state index in [1.165, 1.54) is 32.2 Å². The number of methoxy groups -OCH3 is 1. The van der Waals surface area contributed by atoms with Crippen molar-refractivity contribution in [1.29, 1.82) is 0 Å². The molecule has 0 saturated heterocycles. The Morgan fingerprint density at radius 2 is 2.00 bits per heavy atom. The number of halogens is 1. The Morgan fingerprint density at radius 3 is 2.63 bits per heavy atom. The summed E-state index contributed by atoms with van der Waals surface area (Å²) < 4.78 is 5.22. The zero-order valence-corrected chi connectivity index (χ0v) is 15.2. The van der Waals surface area contributed by atoms with E-state index in [-0.39, 0.29) is 40.0 Å². The van der Waals surface area contributed by atoms with Crippen molar-refractivity contribution in [2.45, 2.75) is 13.3 Å². The molecule has 0 unspecified atom stereocenters. The predicted octanol–water partition coefficient (Wildman–Crippen LogP) is 4.59. The summed E-state index contributed by atoms with van der Waals surface area (Å²) in [6, 6.07) is 8.55. The monoisotopic (exact) mass is 390 g/mol. The summed E-state index contributed by atoms with van der Waals surface area (Å²) in [5, 5.41) is 21.6. The summed E-state index contributed by atoms with van der Waals surface area (Å²) in [5.74, 6) is -0.497. The van der Waals surface area contributed by atoms with Gasteiger partial charge >= 0.3 is 0 Å². The number of nitro groups is 1. The van der Waals surface area contributed by atoms with E-state index in [1.54, 1.807) is 18.2 Å². The predicted molar refractivity (Wildman–Crippen MR) is 99.2 cm³/mol. The summed E-state index contributed by atoms with van der Waals surface area (Å²) in [5.41, 5.74) is 0.339. The summed E-state index contributed by atoms with van der Waals surface area (Å²) in [6.45, 7) is 1.30. The molecule has 0 aliphatic heterocycles. The second-order valence-electron chi connectivity index (χ2n) is 5.38. The number of ketones is 1. The number of rotatable bonds is 7. The van der Waals surface area contributed by atoms with Crippen molar-refractivity contribution in [3.05, 3.63) is 51.5 Å². The Kier molecular flexibility index (Phi) is 6.56. The number of azo groups is 1. The summed E-state index contributed by atoms with van der Waals surface area (Å²) in [4.78, 5) is 33.3. The molecule has 1 amide bonds. The second-order valence-corrected chi connectivity index (χ2v) is 5.78. The van der Waals surface area contributed by atoms with E-state index < -0.39 is 10.8 Å². The maximum Gasteiger partial charge on any atom is 0.271 e. The second kappa shape index (κ2) is 8.86. The number of hydrogen-bond donors (Lipinski definition) is 1. The van der Waals surface area contributed by atoms with E-state index in [1.807, 2.05) is 0 Å². The van der Waals surface area contributed by atoms with Crippen molar-refractivity contribution in [2.24, 2.45) is 10.2 Å². The molecule has 0 aromatic heterocycles. The molecule has 1 N–H and O–H groups in total. The van der Waals surface area contributed by atoms with Crippen LogP contribution in [0, 0.1) is 10.1 Å². The third-order valence-corrected chi connectivity index (χ3v) is 3.62. The van der Waals surface area contributed by atoms with E-state index in [0.29, 0.717) is 5.75 Å². The highest BCUT2D eigenvalue weighted by molar-refractivity contribution is 6.33. The van der Waals surface area contributed by atoms with E-state index in [4.69, 9.17) is 16.3 Å². The lowest BCUT2D eigenvalue weighted by atomic mass is 10.2. The first-order valence-corrected chi connectivity index (χ1v) is 8.01. The normalized spacial score (nSPS) is 10.6. The summed E-state index contributed by atoms with van der Waals surface area (Å²) in [6.07, 6.45) is -0.287. The van der Waals surface area contributed by atoms with E-state index >= 15 is 0 Å². The lowest BCUT2D eigenvalue weighted by Crippen LogP contribution is -2.14. The van der Waals surface area contributed by atoms with E-state index in [9.17, 15) is 19.7 Å². The number of carbonyl (C=O) groups excluding carboxylic acids is 2. The lowest BCUT2D eigenvalue weighted by Gasteiger charge is -2.10. The third-order valence-electron chi connectivity index (χ3n) is 3.30. The molecule has 0 fully saturated rings. The van der Waals surface area contributed by atoms with Gasteiger partial charge in [-0.25, -0.2) is 0 Å². The number of nitrogens with zero attached hydrogens (tertiary/aromatic N) is 3. The number of carbonyl (C=O) groups is 2. The zero-order valence-electron chi connectivity index (χ0n) is 14.4. The molecule has 0 saturated carbocycles. The van der Waals surface area contributed by atoms with Crippen LogP contribution in [0.2, 0.25) is 5.02 Å². The average molecular weight is 391 g/mol. The Bertz CT molecular complexity index is 930. The Labute approximate surface area is 159 Å². The first-order chi connectivity index (χ1) is 12.8. The molecule has 9 nitrogen and oxygen atoms in total. The number of benzene rings is 2. The van der Waals surface area contributed by atoms with Gasteiger partial charge in [-0.2, -0.15) is 0 Å². The number of amides is 1. The fraction of sp³-hybridized carbons (Fsp3) is 0.176. The van der Waals surface area contributed by atoms with E-state index in [2.05, 4.69) is 15.5 Å². The molecule has 0 aliphatic rings. The van der Waals surface area contributed by atoms with Gasteiger partial charge in [-0.05, 0) is 25.1 Å². The standard InChI is InChI=1S/C17H15ClN4O5/c1-10(23)8-16(24)19-13-4-3-5-15(27-2)17(13)21-20-14-9-11(22(25)26)6-7-12(14)18/h3-7,9H,8H2,1-2H3,(H,19,24). The Hall–Kier alpha value is -3.33. The minimum atomic E-state index is -0.578. The van der Waals surface area contributed by atoms with Gasteiger partial charge < -0.3 is 10.1 Å². The quantitative estimate of drug-likeness (QED) is 0.320. The highest BCUT2D eigenvalue weighted by Gasteiger charge is 2.14. The SMILES string of the molecule is COc1cccc(NC(=O)CC(C)=O)c1N=Nc1cc([N+](=O)[O-])ccc1Cl. The molecular weight excluding hydrogens is 376 g/mol. The van der Waals surface area contributed by atoms with Crippen molar-refractivity contribution in [3.63, 3.8) is 0 Å². The highest BCUT2D eigenvalue weighted by Crippen LogP contribution is 2.38. The topological polar surface area (TPSA) is 123 Å². The van der Waals surface area contributed by atoms with Crippen molar-refractivity contribution < 1.29 is 19.2 Å². The molecule has 0 heterocycles. The van der Waals surface area contributed by atoms with Crippen molar-refractivity contribution in [3.8, 4) is 5.75 Å². The molecule has 0 radical (unpaired) electrons. The Morgan fingerprint density at radius 1 is 1.26 bits per heavy atom. The van der Waals surface area contributed by atoms with Crippen LogP contribution in [0.4, 0.5) is 22.7 Å². The summed E-state index contributed by atoms with van der Waals surface area (Å²) >= 11 is 6.01.